The van der Waals surface area contributed by atoms with E-state index >= 15 is 0 Å². The van der Waals surface area contributed by atoms with Crippen molar-refractivity contribution in [2.45, 2.75) is 31.8 Å². The molecule has 0 spiro atoms. The summed E-state index contributed by atoms with van der Waals surface area (Å²) < 4.78 is 0. The van der Waals surface area contributed by atoms with E-state index in [1.807, 2.05) is 6.20 Å². The summed E-state index contributed by atoms with van der Waals surface area (Å²) in [4.78, 5) is 9.61. The third kappa shape index (κ3) is 2.38. The molecule has 15 heavy (non-hydrogen) atoms. The first-order chi connectivity index (χ1) is 7.08. The average molecular weight is 208 g/mol. The van der Waals surface area contributed by atoms with Crippen molar-refractivity contribution >= 4 is 0 Å². The van der Waals surface area contributed by atoms with E-state index in [1.54, 1.807) is 6.33 Å². The number of piperazine rings is 1. The van der Waals surface area contributed by atoms with Crippen LogP contribution >= 0.6 is 0 Å². The van der Waals surface area contributed by atoms with Gasteiger partial charge < -0.3 is 10.3 Å². The highest BCUT2D eigenvalue weighted by Crippen LogP contribution is 2.17. The smallest absolute Gasteiger partial charge is 0.0921 e. The molecule has 1 aromatic rings. The molecule has 0 aromatic carbocycles. The molecular weight excluding hydrogens is 188 g/mol. The molecular formula is C11H20N4. The van der Waals surface area contributed by atoms with Gasteiger partial charge in [-0.3, -0.25) is 4.90 Å². The first-order valence-corrected chi connectivity index (χ1v) is 5.50. The SMILES string of the molecule is CN1C[C@H](Cc2cnc[nH]2)NCC1(C)C. The second-order valence-electron chi connectivity index (χ2n) is 5.05. The van der Waals surface area contributed by atoms with Crippen molar-refractivity contribution in [2.75, 3.05) is 20.1 Å². The first kappa shape index (κ1) is 10.6. The van der Waals surface area contributed by atoms with E-state index in [1.165, 1.54) is 5.69 Å². The van der Waals surface area contributed by atoms with Gasteiger partial charge in [-0.05, 0) is 20.9 Å². The molecule has 0 amide bonds. The second kappa shape index (κ2) is 3.94. The van der Waals surface area contributed by atoms with Crippen molar-refractivity contribution in [1.29, 1.82) is 0 Å². The maximum Gasteiger partial charge on any atom is 0.0921 e. The maximum absolute atomic E-state index is 4.04. The van der Waals surface area contributed by atoms with E-state index in [0.717, 1.165) is 19.5 Å². The lowest BCUT2D eigenvalue weighted by Crippen LogP contribution is -2.60. The van der Waals surface area contributed by atoms with Crippen LogP contribution in [0.3, 0.4) is 0 Å². The predicted octanol–water partition coefficient (Wildman–Crippen LogP) is 0.634. The predicted molar refractivity (Wildman–Crippen MR) is 60.8 cm³/mol. The lowest BCUT2D eigenvalue weighted by atomic mass is 9.97. The number of H-pyrrole nitrogens is 1. The number of hydrogen-bond donors (Lipinski definition) is 2. The van der Waals surface area contributed by atoms with Gasteiger partial charge in [0, 0.05) is 43.0 Å². The number of nitrogens with zero attached hydrogens (tertiary/aromatic N) is 2. The van der Waals surface area contributed by atoms with Crippen molar-refractivity contribution in [2.24, 2.45) is 0 Å². The van der Waals surface area contributed by atoms with E-state index in [4.69, 9.17) is 0 Å². The van der Waals surface area contributed by atoms with E-state index in [2.05, 4.69) is 41.1 Å². The third-order valence-electron chi connectivity index (χ3n) is 3.37. The van der Waals surface area contributed by atoms with Crippen molar-refractivity contribution in [3.63, 3.8) is 0 Å². The standard InChI is InChI=1S/C11H20N4/c1-11(2)7-13-10(6-15(11)3)4-9-5-12-8-14-9/h5,8,10,13H,4,6-7H2,1-3H3,(H,12,14)/t10-/m0/s1. The van der Waals surface area contributed by atoms with Crippen LogP contribution in [0.4, 0.5) is 0 Å². The molecule has 1 fully saturated rings. The Balaban J connectivity index is 1.92. The van der Waals surface area contributed by atoms with Crippen LogP contribution in [0.2, 0.25) is 0 Å². The summed E-state index contributed by atoms with van der Waals surface area (Å²) in [6.45, 7) is 6.67. The summed E-state index contributed by atoms with van der Waals surface area (Å²) in [5, 5.41) is 3.59. The molecule has 2 N–H and O–H groups in total. The quantitative estimate of drug-likeness (QED) is 0.749. The average Bonchev–Trinajstić information content (AvgIpc) is 2.65. The summed E-state index contributed by atoms with van der Waals surface area (Å²) in [5.74, 6) is 0. The Kier molecular flexibility index (Phi) is 2.80. The number of rotatable bonds is 2. The molecule has 84 valence electrons. The van der Waals surface area contributed by atoms with Crippen LogP contribution in [-0.4, -0.2) is 46.6 Å². The highest BCUT2D eigenvalue weighted by atomic mass is 15.2. The fourth-order valence-corrected chi connectivity index (χ4v) is 1.97. The van der Waals surface area contributed by atoms with Gasteiger partial charge in [0.05, 0.1) is 6.33 Å². The van der Waals surface area contributed by atoms with Crippen LogP contribution in [0.25, 0.3) is 0 Å². The van der Waals surface area contributed by atoms with Crippen molar-refractivity contribution in [1.82, 2.24) is 20.2 Å². The van der Waals surface area contributed by atoms with Gasteiger partial charge in [-0.15, -0.1) is 0 Å². The second-order valence-corrected chi connectivity index (χ2v) is 5.05. The zero-order chi connectivity index (χ0) is 10.9. The first-order valence-electron chi connectivity index (χ1n) is 5.50. The maximum atomic E-state index is 4.04. The van der Waals surface area contributed by atoms with Crippen LogP contribution in [0.1, 0.15) is 19.5 Å². The Morgan fingerprint density at radius 1 is 1.60 bits per heavy atom. The zero-order valence-corrected chi connectivity index (χ0v) is 9.75. The fourth-order valence-electron chi connectivity index (χ4n) is 1.97. The molecule has 2 rings (SSSR count). The lowest BCUT2D eigenvalue weighted by molar-refractivity contribution is 0.0943. The van der Waals surface area contributed by atoms with E-state index in [-0.39, 0.29) is 5.54 Å². The van der Waals surface area contributed by atoms with Gasteiger partial charge in [0.1, 0.15) is 0 Å². The van der Waals surface area contributed by atoms with Gasteiger partial charge in [-0.2, -0.15) is 0 Å². The van der Waals surface area contributed by atoms with Crippen LogP contribution in [-0.2, 0) is 6.42 Å². The van der Waals surface area contributed by atoms with Gasteiger partial charge in [0.25, 0.3) is 0 Å². The van der Waals surface area contributed by atoms with Gasteiger partial charge >= 0.3 is 0 Å². The highest BCUT2D eigenvalue weighted by Gasteiger charge is 2.31. The number of aromatic amines is 1. The molecule has 0 bridgehead atoms. The zero-order valence-electron chi connectivity index (χ0n) is 9.75. The monoisotopic (exact) mass is 208 g/mol. The Hall–Kier alpha value is -0.870. The van der Waals surface area contributed by atoms with Crippen molar-refractivity contribution < 1.29 is 0 Å². The number of imidazole rings is 1. The summed E-state index contributed by atoms with van der Waals surface area (Å²) in [7, 11) is 2.20. The minimum atomic E-state index is 0.268. The molecule has 1 aromatic heterocycles. The van der Waals surface area contributed by atoms with Gasteiger partial charge in [0.15, 0.2) is 0 Å². The Labute approximate surface area is 91.1 Å². The molecule has 1 aliphatic rings. The molecule has 1 atom stereocenters. The summed E-state index contributed by atoms with van der Waals surface area (Å²) in [6, 6.07) is 0.531. The van der Waals surface area contributed by atoms with Crippen LogP contribution < -0.4 is 5.32 Å². The Bertz CT molecular complexity index is 304. The molecule has 1 saturated heterocycles. The Morgan fingerprint density at radius 2 is 2.40 bits per heavy atom. The molecule has 0 unspecified atom stereocenters. The lowest BCUT2D eigenvalue weighted by Gasteiger charge is -2.44. The molecule has 0 radical (unpaired) electrons. The van der Waals surface area contributed by atoms with Gasteiger partial charge in [0.2, 0.25) is 0 Å². The highest BCUT2D eigenvalue weighted by molar-refractivity contribution is 5.01. The van der Waals surface area contributed by atoms with E-state index in [0.29, 0.717) is 6.04 Å². The number of hydrogen-bond acceptors (Lipinski definition) is 3. The molecule has 0 aliphatic carbocycles. The van der Waals surface area contributed by atoms with Crippen LogP contribution in [0.5, 0.6) is 0 Å². The minimum absolute atomic E-state index is 0.268. The number of nitrogens with one attached hydrogen (secondary N) is 2. The van der Waals surface area contributed by atoms with Gasteiger partial charge in [-0.25, -0.2) is 4.98 Å². The van der Waals surface area contributed by atoms with E-state index < -0.39 is 0 Å². The van der Waals surface area contributed by atoms with Crippen molar-refractivity contribution in [3.8, 4) is 0 Å². The molecule has 0 saturated carbocycles. The summed E-state index contributed by atoms with van der Waals surface area (Å²) in [5.41, 5.74) is 1.48. The van der Waals surface area contributed by atoms with Crippen LogP contribution in [0.15, 0.2) is 12.5 Å². The van der Waals surface area contributed by atoms with Crippen molar-refractivity contribution in [3.05, 3.63) is 18.2 Å². The third-order valence-corrected chi connectivity index (χ3v) is 3.37. The molecule has 2 heterocycles. The topological polar surface area (TPSA) is 44.0 Å². The van der Waals surface area contributed by atoms with E-state index in [9.17, 15) is 0 Å². The minimum Gasteiger partial charge on any atom is -0.348 e. The van der Waals surface area contributed by atoms with Crippen LogP contribution in [0, 0.1) is 0 Å². The normalized spacial score (nSPS) is 26.7. The summed E-state index contributed by atoms with van der Waals surface area (Å²) >= 11 is 0. The number of aromatic nitrogens is 2. The molecule has 4 nitrogen and oxygen atoms in total. The molecule has 4 heteroatoms. The summed E-state index contributed by atoms with van der Waals surface area (Å²) in [6.07, 6.45) is 4.67. The number of likely N-dealkylation sites (N-methyl/N-ethyl adjacent to an activating group) is 1. The Morgan fingerprint density at radius 3 is 3.00 bits per heavy atom. The fraction of sp³-hybridized carbons (Fsp3) is 0.727. The van der Waals surface area contributed by atoms with Gasteiger partial charge in [-0.1, -0.05) is 0 Å². The largest absolute Gasteiger partial charge is 0.348 e. The molecule has 1 aliphatic heterocycles.